The largest absolute Gasteiger partial charge is 0.480 e. The highest BCUT2D eigenvalue weighted by molar-refractivity contribution is 5.86. The normalized spacial score (nSPS) is 17.7. The number of urea groups is 1. The molecule has 3 N–H and O–H groups in total. The van der Waals surface area contributed by atoms with Crippen molar-refractivity contribution in [2.24, 2.45) is 0 Å². The van der Waals surface area contributed by atoms with Crippen molar-refractivity contribution in [3.8, 4) is 0 Å². The van der Waals surface area contributed by atoms with Gasteiger partial charge in [0, 0.05) is 26.1 Å². The second kappa shape index (κ2) is 7.82. The molecule has 1 saturated heterocycles. The van der Waals surface area contributed by atoms with Gasteiger partial charge in [-0.15, -0.1) is 0 Å². The molecule has 120 valence electrons. The average Bonchev–Trinajstić information content (AvgIpc) is 2.47. The Morgan fingerprint density at radius 3 is 2.43 bits per heavy atom. The number of nitrogens with one attached hydrogen (secondary N) is 2. The molecule has 1 atom stereocenters. The number of hydrogen-bond acceptors (Lipinski definition) is 4. The van der Waals surface area contributed by atoms with Gasteiger partial charge in [0.1, 0.15) is 5.54 Å². The standard InChI is InChI=1S/C13H23N3O5/c1-3-13(2,11(18)19)15-12(20)14-5-4-10(17)16-6-8-21-9-7-16/h3-9H2,1-2H3,(H,18,19)(H2,14,15,20). The number of carboxylic acids is 1. The number of morpholine rings is 1. The van der Waals surface area contributed by atoms with Gasteiger partial charge in [-0.1, -0.05) is 6.92 Å². The number of ether oxygens (including phenoxy) is 1. The van der Waals surface area contributed by atoms with Crippen LogP contribution in [0.5, 0.6) is 0 Å². The van der Waals surface area contributed by atoms with Gasteiger partial charge >= 0.3 is 12.0 Å². The first kappa shape index (κ1) is 17.2. The number of amides is 3. The molecule has 0 radical (unpaired) electrons. The molecule has 0 saturated carbocycles. The van der Waals surface area contributed by atoms with Crippen LogP contribution >= 0.6 is 0 Å². The second-order valence-electron chi connectivity index (χ2n) is 5.11. The lowest BCUT2D eigenvalue weighted by Crippen LogP contribution is -2.55. The molecular weight excluding hydrogens is 278 g/mol. The Morgan fingerprint density at radius 1 is 1.29 bits per heavy atom. The molecule has 0 aromatic rings. The predicted octanol–water partition coefficient (Wildman–Crippen LogP) is -0.212. The minimum atomic E-state index is -1.31. The molecule has 1 fully saturated rings. The summed E-state index contributed by atoms with van der Waals surface area (Å²) in [5.74, 6) is -1.14. The van der Waals surface area contributed by atoms with Gasteiger partial charge in [-0.05, 0) is 13.3 Å². The van der Waals surface area contributed by atoms with Crippen molar-refractivity contribution in [3.63, 3.8) is 0 Å². The third kappa shape index (κ3) is 5.22. The van der Waals surface area contributed by atoms with Crippen molar-refractivity contribution in [1.29, 1.82) is 0 Å². The van der Waals surface area contributed by atoms with Gasteiger partial charge in [0.2, 0.25) is 5.91 Å². The fraction of sp³-hybridized carbons (Fsp3) is 0.769. The van der Waals surface area contributed by atoms with Crippen LogP contribution in [0, 0.1) is 0 Å². The van der Waals surface area contributed by atoms with Crippen molar-refractivity contribution in [3.05, 3.63) is 0 Å². The fourth-order valence-electron chi connectivity index (χ4n) is 1.84. The SMILES string of the molecule is CCC(C)(NC(=O)NCCC(=O)N1CCOCC1)C(=O)O. The molecule has 0 aromatic heterocycles. The lowest BCUT2D eigenvalue weighted by Gasteiger charge is -2.27. The summed E-state index contributed by atoms with van der Waals surface area (Å²) in [6, 6.07) is -0.587. The summed E-state index contributed by atoms with van der Waals surface area (Å²) >= 11 is 0. The lowest BCUT2D eigenvalue weighted by atomic mass is 10.00. The van der Waals surface area contributed by atoms with Crippen molar-refractivity contribution < 1.29 is 24.2 Å². The molecule has 0 aliphatic carbocycles. The van der Waals surface area contributed by atoms with E-state index in [2.05, 4.69) is 10.6 Å². The summed E-state index contributed by atoms with van der Waals surface area (Å²) in [5, 5.41) is 14.0. The number of nitrogens with zero attached hydrogens (tertiary/aromatic N) is 1. The van der Waals surface area contributed by atoms with E-state index >= 15 is 0 Å². The first-order valence-corrected chi connectivity index (χ1v) is 7.04. The zero-order valence-electron chi connectivity index (χ0n) is 12.5. The first-order valence-electron chi connectivity index (χ1n) is 7.04. The number of aliphatic carboxylic acids is 1. The molecule has 1 aliphatic heterocycles. The van der Waals surface area contributed by atoms with Crippen LogP contribution in [0.15, 0.2) is 0 Å². The molecule has 1 aliphatic rings. The van der Waals surface area contributed by atoms with E-state index in [4.69, 9.17) is 9.84 Å². The molecule has 1 heterocycles. The molecule has 1 rings (SSSR count). The molecule has 8 nitrogen and oxygen atoms in total. The van der Waals surface area contributed by atoms with Crippen molar-refractivity contribution in [2.75, 3.05) is 32.8 Å². The minimum Gasteiger partial charge on any atom is -0.480 e. The van der Waals surface area contributed by atoms with Crippen LogP contribution in [0.3, 0.4) is 0 Å². The highest BCUT2D eigenvalue weighted by Crippen LogP contribution is 2.08. The van der Waals surface area contributed by atoms with Crippen LogP contribution < -0.4 is 10.6 Å². The Labute approximate surface area is 123 Å². The molecular formula is C13H23N3O5. The van der Waals surface area contributed by atoms with Gasteiger partial charge in [-0.3, -0.25) is 4.79 Å². The molecule has 1 unspecified atom stereocenters. The van der Waals surface area contributed by atoms with Crippen LogP contribution in [0.4, 0.5) is 4.79 Å². The first-order chi connectivity index (χ1) is 9.89. The van der Waals surface area contributed by atoms with E-state index in [9.17, 15) is 14.4 Å². The van der Waals surface area contributed by atoms with Crippen molar-refractivity contribution >= 4 is 17.9 Å². The minimum absolute atomic E-state index is 0.0462. The van der Waals surface area contributed by atoms with Crippen LogP contribution in [0.2, 0.25) is 0 Å². The maximum atomic E-state index is 11.8. The Morgan fingerprint density at radius 2 is 1.90 bits per heavy atom. The number of rotatable bonds is 6. The highest BCUT2D eigenvalue weighted by Gasteiger charge is 2.32. The van der Waals surface area contributed by atoms with Gasteiger partial charge in [-0.2, -0.15) is 0 Å². The number of carbonyl (C=O) groups is 3. The maximum absolute atomic E-state index is 11.8. The number of hydrogen-bond donors (Lipinski definition) is 3. The molecule has 0 bridgehead atoms. The Balaban J connectivity index is 2.29. The molecule has 21 heavy (non-hydrogen) atoms. The summed E-state index contributed by atoms with van der Waals surface area (Å²) in [5.41, 5.74) is -1.31. The van der Waals surface area contributed by atoms with E-state index in [0.717, 1.165) is 0 Å². The topological polar surface area (TPSA) is 108 Å². The van der Waals surface area contributed by atoms with Gasteiger partial charge < -0.3 is 25.4 Å². The van der Waals surface area contributed by atoms with E-state index < -0.39 is 17.5 Å². The number of carbonyl (C=O) groups excluding carboxylic acids is 2. The smallest absolute Gasteiger partial charge is 0.329 e. The van der Waals surface area contributed by atoms with Crippen LogP contribution in [-0.2, 0) is 14.3 Å². The Bertz CT molecular complexity index is 395. The summed E-state index contributed by atoms with van der Waals surface area (Å²) in [4.78, 5) is 36.2. The third-order valence-electron chi connectivity index (χ3n) is 3.56. The Hall–Kier alpha value is -1.83. The van der Waals surface area contributed by atoms with Gasteiger partial charge in [0.05, 0.1) is 13.2 Å². The molecule has 8 heteroatoms. The third-order valence-corrected chi connectivity index (χ3v) is 3.56. The summed E-state index contributed by atoms with van der Waals surface area (Å²) in [6.07, 6.45) is 0.450. The molecule has 0 spiro atoms. The van der Waals surface area contributed by atoms with Crippen LogP contribution in [-0.4, -0.2) is 66.3 Å². The summed E-state index contributed by atoms with van der Waals surface area (Å²) in [6.45, 7) is 5.49. The van der Waals surface area contributed by atoms with E-state index in [1.807, 2.05) is 0 Å². The quantitative estimate of drug-likeness (QED) is 0.629. The van der Waals surface area contributed by atoms with Crippen molar-refractivity contribution in [2.45, 2.75) is 32.2 Å². The van der Waals surface area contributed by atoms with E-state index in [0.29, 0.717) is 26.3 Å². The van der Waals surface area contributed by atoms with Gasteiger partial charge in [0.25, 0.3) is 0 Å². The van der Waals surface area contributed by atoms with E-state index in [-0.39, 0.29) is 25.3 Å². The monoisotopic (exact) mass is 301 g/mol. The summed E-state index contributed by atoms with van der Waals surface area (Å²) in [7, 11) is 0. The maximum Gasteiger partial charge on any atom is 0.329 e. The van der Waals surface area contributed by atoms with Gasteiger partial charge in [-0.25, -0.2) is 9.59 Å². The zero-order valence-corrected chi connectivity index (χ0v) is 12.5. The molecule has 3 amide bonds. The second-order valence-corrected chi connectivity index (χ2v) is 5.11. The fourth-order valence-corrected chi connectivity index (χ4v) is 1.84. The average molecular weight is 301 g/mol. The van der Waals surface area contributed by atoms with Gasteiger partial charge in [0.15, 0.2) is 0 Å². The van der Waals surface area contributed by atoms with Crippen LogP contribution in [0.25, 0.3) is 0 Å². The molecule has 0 aromatic carbocycles. The van der Waals surface area contributed by atoms with E-state index in [1.54, 1.807) is 11.8 Å². The Kier molecular flexibility index (Phi) is 6.41. The lowest BCUT2D eigenvalue weighted by molar-refractivity contribution is -0.143. The predicted molar refractivity (Wildman–Crippen MR) is 74.9 cm³/mol. The summed E-state index contributed by atoms with van der Waals surface area (Å²) < 4.78 is 5.15. The highest BCUT2D eigenvalue weighted by atomic mass is 16.5. The zero-order chi connectivity index (χ0) is 15.9. The van der Waals surface area contributed by atoms with Crippen molar-refractivity contribution in [1.82, 2.24) is 15.5 Å². The number of carboxylic acid groups (broad SMARTS) is 1. The van der Waals surface area contributed by atoms with Crippen LogP contribution in [0.1, 0.15) is 26.7 Å². The van der Waals surface area contributed by atoms with E-state index in [1.165, 1.54) is 6.92 Å².